The van der Waals surface area contributed by atoms with E-state index in [0.717, 1.165) is 43.5 Å². The molecule has 0 spiro atoms. The topological polar surface area (TPSA) is 61.8 Å². The molecule has 2 heterocycles. The molecule has 0 bridgehead atoms. The van der Waals surface area contributed by atoms with Crippen LogP contribution in [0, 0.1) is 0 Å². The number of ether oxygens (including phenoxy) is 1. The standard InChI is InChI=1S/C15H25N5O.HI/c1-16-15(19-12-7-9-21-10-8-12)17-11-13-5-4-6-14(18-13)20(2)3;/h4-6,12H,7-11H2,1-3H3,(H2,16,17,19);1H. The second kappa shape index (κ2) is 9.83. The lowest BCUT2D eigenvalue weighted by Gasteiger charge is -2.25. The van der Waals surface area contributed by atoms with Gasteiger partial charge in [0.1, 0.15) is 5.82 Å². The number of nitrogens with zero attached hydrogens (tertiary/aromatic N) is 3. The number of halogens is 1. The molecule has 2 rings (SSSR count). The summed E-state index contributed by atoms with van der Waals surface area (Å²) in [6, 6.07) is 6.47. The van der Waals surface area contributed by atoms with Crippen LogP contribution < -0.4 is 15.5 Å². The fourth-order valence-electron chi connectivity index (χ4n) is 2.22. The summed E-state index contributed by atoms with van der Waals surface area (Å²) in [6.07, 6.45) is 2.05. The van der Waals surface area contributed by atoms with Gasteiger partial charge < -0.3 is 20.3 Å². The highest BCUT2D eigenvalue weighted by Gasteiger charge is 2.14. The molecular formula is C15H26IN5O. The highest BCUT2D eigenvalue weighted by molar-refractivity contribution is 14.0. The Kier molecular flexibility index (Phi) is 8.47. The second-order valence-electron chi connectivity index (χ2n) is 5.34. The zero-order valence-corrected chi connectivity index (χ0v) is 15.8. The number of hydrogen-bond acceptors (Lipinski definition) is 4. The number of nitrogens with one attached hydrogen (secondary N) is 2. The third kappa shape index (κ3) is 5.96. The molecule has 0 aromatic carbocycles. The first-order valence-electron chi connectivity index (χ1n) is 7.37. The van der Waals surface area contributed by atoms with Crippen LogP contribution in [0.3, 0.4) is 0 Å². The van der Waals surface area contributed by atoms with Crippen LogP contribution in [0.2, 0.25) is 0 Å². The summed E-state index contributed by atoms with van der Waals surface area (Å²) in [4.78, 5) is 10.9. The maximum absolute atomic E-state index is 5.36. The minimum absolute atomic E-state index is 0. The van der Waals surface area contributed by atoms with Crippen molar-refractivity contribution < 1.29 is 4.74 Å². The number of guanidine groups is 1. The van der Waals surface area contributed by atoms with Crippen LogP contribution in [0.5, 0.6) is 0 Å². The van der Waals surface area contributed by atoms with Gasteiger partial charge in [-0.25, -0.2) is 4.98 Å². The summed E-state index contributed by atoms with van der Waals surface area (Å²) in [5.74, 6) is 1.78. The van der Waals surface area contributed by atoms with E-state index in [1.807, 2.05) is 37.2 Å². The molecule has 1 aliphatic rings. The predicted octanol–water partition coefficient (Wildman–Crippen LogP) is 1.61. The van der Waals surface area contributed by atoms with Crippen LogP contribution in [0.1, 0.15) is 18.5 Å². The van der Waals surface area contributed by atoms with Crippen molar-refractivity contribution in [2.75, 3.05) is 39.3 Å². The lowest BCUT2D eigenvalue weighted by molar-refractivity contribution is 0.0822. The minimum Gasteiger partial charge on any atom is -0.381 e. The summed E-state index contributed by atoms with van der Waals surface area (Å²) in [7, 11) is 5.77. The van der Waals surface area contributed by atoms with Gasteiger partial charge in [0.15, 0.2) is 5.96 Å². The van der Waals surface area contributed by atoms with E-state index < -0.39 is 0 Å². The summed E-state index contributed by atoms with van der Waals surface area (Å²) >= 11 is 0. The molecule has 0 radical (unpaired) electrons. The number of pyridine rings is 1. The van der Waals surface area contributed by atoms with Crippen molar-refractivity contribution >= 4 is 35.8 Å². The Bertz CT molecular complexity index is 475. The highest BCUT2D eigenvalue weighted by atomic mass is 127. The maximum atomic E-state index is 5.36. The molecule has 7 heteroatoms. The molecule has 1 aliphatic heterocycles. The monoisotopic (exact) mass is 419 g/mol. The molecule has 6 nitrogen and oxygen atoms in total. The van der Waals surface area contributed by atoms with Crippen LogP contribution in [0.4, 0.5) is 5.82 Å². The first kappa shape index (κ1) is 19.0. The average molecular weight is 419 g/mol. The van der Waals surface area contributed by atoms with Crippen molar-refractivity contribution in [3.05, 3.63) is 23.9 Å². The number of anilines is 1. The minimum atomic E-state index is 0. The Hall–Kier alpha value is -1.09. The van der Waals surface area contributed by atoms with Crippen LogP contribution in [-0.4, -0.2) is 51.3 Å². The van der Waals surface area contributed by atoms with Gasteiger partial charge in [-0.3, -0.25) is 4.99 Å². The van der Waals surface area contributed by atoms with E-state index in [0.29, 0.717) is 12.6 Å². The smallest absolute Gasteiger partial charge is 0.191 e. The second-order valence-corrected chi connectivity index (χ2v) is 5.34. The van der Waals surface area contributed by atoms with Crippen molar-refractivity contribution in [1.29, 1.82) is 0 Å². The van der Waals surface area contributed by atoms with Crippen molar-refractivity contribution in [2.45, 2.75) is 25.4 Å². The van der Waals surface area contributed by atoms with Gasteiger partial charge in [0.05, 0.1) is 12.2 Å². The Balaban J connectivity index is 0.00000242. The summed E-state index contributed by atoms with van der Waals surface area (Å²) < 4.78 is 5.36. The van der Waals surface area contributed by atoms with Crippen LogP contribution >= 0.6 is 24.0 Å². The van der Waals surface area contributed by atoms with E-state index in [1.165, 1.54) is 0 Å². The molecule has 0 aliphatic carbocycles. The van der Waals surface area contributed by atoms with Crippen LogP contribution in [-0.2, 0) is 11.3 Å². The largest absolute Gasteiger partial charge is 0.381 e. The zero-order valence-electron chi connectivity index (χ0n) is 13.5. The molecule has 0 atom stereocenters. The lowest BCUT2D eigenvalue weighted by Crippen LogP contribution is -2.45. The van der Waals surface area contributed by atoms with Gasteiger partial charge in [-0.1, -0.05) is 6.07 Å². The van der Waals surface area contributed by atoms with Crippen LogP contribution in [0.15, 0.2) is 23.2 Å². The molecule has 0 saturated carbocycles. The molecule has 0 unspecified atom stereocenters. The van der Waals surface area contributed by atoms with E-state index in [-0.39, 0.29) is 24.0 Å². The summed E-state index contributed by atoms with van der Waals surface area (Å²) in [5.41, 5.74) is 0.996. The Morgan fingerprint density at radius 1 is 1.36 bits per heavy atom. The van der Waals surface area contributed by atoms with Crippen molar-refractivity contribution in [1.82, 2.24) is 15.6 Å². The number of rotatable bonds is 4. The Labute approximate surface area is 149 Å². The van der Waals surface area contributed by atoms with E-state index >= 15 is 0 Å². The SMILES string of the molecule is CN=C(NCc1cccc(N(C)C)n1)NC1CCOCC1.I. The first-order chi connectivity index (χ1) is 10.2. The molecule has 124 valence electrons. The normalized spacial score (nSPS) is 15.9. The highest BCUT2D eigenvalue weighted by Crippen LogP contribution is 2.08. The Morgan fingerprint density at radius 3 is 2.73 bits per heavy atom. The number of hydrogen-bond donors (Lipinski definition) is 2. The third-order valence-corrected chi connectivity index (χ3v) is 3.47. The van der Waals surface area contributed by atoms with Gasteiger partial charge in [0.25, 0.3) is 0 Å². The molecule has 1 aromatic heterocycles. The Morgan fingerprint density at radius 2 is 2.09 bits per heavy atom. The zero-order chi connectivity index (χ0) is 15.1. The van der Waals surface area contributed by atoms with Crippen molar-refractivity contribution in [3.63, 3.8) is 0 Å². The molecule has 1 saturated heterocycles. The number of aliphatic imine (C=N–C) groups is 1. The van der Waals surface area contributed by atoms with E-state index in [1.54, 1.807) is 7.05 Å². The lowest BCUT2D eigenvalue weighted by atomic mass is 10.1. The number of aromatic nitrogens is 1. The van der Waals surface area contributed by atoms with Gasteiger partial charge in [-0.15, -0.1) is 24.0 Å². The van der Waals surface area contributed by atoms with E-state index in [2.05, 4.69) is 20.6 Å². The maximum Gasteiger partial charge on any atom is 0.191 e. The molecule has 22 heavy (non-hydrogen) atoms. The van der Waals surface area contributed by atoms with E-state index in [9.17, 15) is 0 Å². The fraction of sp³-hybridized carbons (Fsp3) is 0.600. The molecule has 1 aromatic rings. The van der Waals surface area contributed by atoms with Crippen molar-refractivity contribution in [3.8, 4) is 0 Å². The van der Waals surface area contributed by atoms with Gasteiger partial charge in [0, 0.05) is 40.4 Å². The van der Waals surface area contributed by atoms with Crippen molar-refractivity contribution in [2.24, 2.45) is 4.99 Å². The summed E-state index contributed by atoms with van der Waals surface area (Å²) in [6.45, 7) is 2.30. The summed E-state index contributed by atoms with van der Waals surface area (Å²) in [5, 5.41) is 6.75. The van der Waals surface area contributed by atoms with Crippen LogP contribution in [0.25, 0.3) is 0 Å². The van der Waals surface area contributed by atoms with Gasteiger partial charge in [0.2, 0.25) is 0 Å². The first-order valence-corrected chi connectivity index (χ1v) is 7.37. The molecule has 1 fully saturated rings. The van der Waals surface area contributed by atoms with Gasteiger partial charge in [-0.05, 0) is 25.0 Å². The van der Waals surface area contributed by atoms with E-state index in [4.69, 9.17) is 4.74 Å². The molecular weight excluding hydrogens is 393 g/mol. The quantitative estimate of drug-likeness (QED) is 0.441. The molecule has 2 N–H and O–H groups in total. The fourth-order valence-corrected chi connectivity index (χ4v) is 2.22. The van der Waals surface area contributed by atoms with Gasteiger partial charge >= 0.3 is 0 Å². The van der Waals surface area contributed by atoms with Gasteiger partial charge in [-0.2, -0.15) is 0 Å². The third-order valence-electron chi connectivity index (χ3n) is 3.47. The molecule has 0 amide bonds. The average Bonchev–Trinajstić information content (AvgIpc) is 2.52. The predicted molar refractivity (Wildman–Crippen MR) is 101 cm³/mol.